The van der Waals surface area contributed by atoms with Crippen molar-refractivity contribution in [1.82, 2.24) is 5.32 Å². The second kappa shape index (κ2) is 5.49. The highest BCUT2D eigenvalue weighted by Crippen LogP contribution is 2.20. The first-order valence-electron chi connectivity index (χ1n) is 4.31. The Kier molecular flexibility index (Phi) is 4.28. The topological polar surface area (TPSA) is 64.9 Å². The summed E-state index contributed by atoms with van der Waals surface area (Å²) in [5.41, 5.74) is 0.967. The highest BCUT2D eigenvalue weighted by atomic mass is 79.9. The van der Waals surface area contributed by atoms with Crippen molar-refractivity contribution in [2.75, 3.05) is 18.9 Å². The van der Waals surface area contributed by atoms with Crippen molar-refractivity contribution in [3.8, 4) is 6.07 Å². The Morgan fingerprint density at radius 3 is 2.93 bits per heavy atom. The highest BCUT2D eigenvalue weighted by Gasteiger charge is 2.06. The first kappa shape index (κ1) is 11.7. The molecule has 1 aromatic carbocycles. The van der Waals surface area contributed by atoms with Crippen molar-refractivity contribution < 1.29 is 4.79 Å². The van der Waals surface area contributed by atoms with Crippen LogP contribution in [0, 0.1) is 11.3 Å². The van der Waals surface area contributed by atoms with E-state index in [4.69, 9.17) is 5.26 Å². The lowest BCUT2D eigenvalue weighted by molar-refractivity contribution is -0.115. The van der Waals surface area contributed by atoms with Gasteiger partial charge in [-0.3, -0.25) is 4.79 Å². The van der Waals surface area contributed by atoms with E-state index in [1.807, 2.05) is 6.07 Å². The fourth-order valence-corrected chi connectivity index (χ4v) is 1.43. The van der Waals surface area contributed by atoms with Crippen LogP contribution in [0.1, 0.15) is 5.56 Å². The van der Waals surface area contributed by atoms with Crippen LogP contribution in [0.5, 0.6) is 0 Å². The van der Waals surface area contributed by atoms with E-state index in [1.54, 1.807) is 25.2 Å². The molecule has 78 valence electrons. The molecule has 0 saturated heterocycles. The van der Waals surface area contributed by atoms with Crippen LogP contribution in [0.15, 0.2) is 22.7 Å². The lowest BCUT2D eigenvalue weighted by Crippen LogP contribution is -2.25. The van der Waals surface area contributed by atoms with Crippen molar-refractivity contribution in [3.05, 3.63) is 28.2 Å². The number of rotatable bonds is 3. The standard InChI is InChI=1S/C10H10BrN3O/c1-13-6-10(15)14-9-4-8(11)3-2-7(9)5-12/h2-4,13H,6H2,1H3,(H,14,15). The number of nitriles is 1. The molecule has 0 unspecified atom stereocenters. The number of halogens is 1. The van der Waals surface area contributed by atoms with Gasteiger partial charge in [-0.05, 0) is 25.2 Å². The summed E-state index contributed by atoms with van der Waals surface area (Å²) in [4.78, 5) is 11.3. The van der Waals surface area contributed by atoms with Crippen LogP contribution in [0.25, 0.3) is 0 Å². The zero-order valence-electron chi connectivity index (χ0n) is 8.17. The van der Waals surface area contributed by atoms with Crippen molar-refractivity contribution in [3.63, 3.8) is 0 Å². The second-order valence-electron chi connectivity index (χ2n) is 2.88. The lowest BCUT2D eigenvalue weighted by Gasteiger charge is -2.06. The summed E-state index contributed by atoms with van der Waals surface area (Å²) >= 11 is 3.28. The van der Waals surface area contributed by atoms with E-state index in [2.05, 4.69) is 26.6 Å². The highest BCUT2D eigenvalue weighted by molar-refractivity contribution is 9.10. The Bertz CT molecular complexity index is 412. The summed E-state index contributed by atoms with van der Waals surface area (Å²) in [5.74, 6) is -0.174. The van der Waals surface area contributed by atoms with Crippen LogP contribution in [0.4, 0.5) is 5.69 Å². The van der Waals surface area contributed by atoms with Gasteiger partial charge in [-0.25, -0.2) is 0 Å². The summed E-state index contributed by atoms with van der Waals surface area (Å²) in [6, 6.07) is 7.12. The molecule has 1 amide bonds. The molecule has 0 aliphatic rings. The van der Waals surface area contributed by atoms with Crippen molar-refractivity contribution in [2.24, 2.45) is 0 Å². The molecular formula is C10H10BrN3O. The van der Waals surface area contributed by atoms with Gasteiger partial charge in [-0.1, -0.05) is 15.9 Å². The third-order valence-electron chi connectivity index (χ3n) is 1.71. The number of hydrogen-bond acceptors (Lipinski definition) is 3. The van der Waals surface area contributed by atoms with E-state index in [0.717, 1.165) is 4.47 Å². The van der Waals surface area contributed by atoms with Gasteiger partial charge in [-0.2, -0.15) is 5.26 Å². The molecule has 0 saturated carbocycles. The minimum absolute atomic E-state index is 0.174. The Morgan fingerprint density at radius 2 is 2.33 bits per heavy atom. The molecule has 0 radical (unpaired) electrons. The minimum atomic E-state index is -0.174. The van der Waals surface area contributed by atoms with Gasteiger partial charge in [0.15, 0.2) is 0 Å². The largest absolute Gasteiger partial charge is 0.324 e. The molecule has 0 bridgehead atoms. The number of anilines is 1. The van der Waals surface area contributed by atoms with Crippen molar-refractivity contribution in [2.45, 2.75) is 0 Å². The Morgan fingerprint density at radius 1 is 1.60 bits per heavy atom. The molecule has 15 heavy (non-hydrogen) atoms. The van der Waals surface area contributed by atoms with Gasteiger partial charge in [0.1, 0.15) is 6.07 Å². The molecule has 0 aliphatic heterocycles. The zero-order valence-corrected chi connectivity index (χ0v) is 9.76. The first-order chi connectivity index (χ1) is 7.17. The molecule has 0 aliphatic carbocycles. The molecule has 1 rings (SSSR count). The molecule has 0 heterocycles. The fraction of sp³-hybridized carbons (Fsp3) is 0.200. The van der Waals surface area contributed by atoms with E-state index < -0.39 is 0 Å². The van der Waals surface area contributed by atoms with E-state index in [9.17, 15) is 4.79 Å². The predicted molar refractivity (Wildman–Crippen MR) is 61.4 cm³/mol. The van der Waals surface area contributed by atoms with Crippen LogP contribution < -0.4 is 10.6 Å². The Balaban J connectivity index is 2.88. The van der Waals surface area contributed by atoms with Gasteiger partial charge >= 0.3 is 0 Å². The van der Waals surface area contributed by atoms with Gasteiger partial charge in [0, 0.05) is 4.47 Å². The number of hydrogen-bond donors (Lipinski definition) is 2. The number of likely N-dealkylation sites (N-methyl/N-ethyl adjacent to an activating group) is 1. The van der Waals surface area contributed by atoms with Crippen LogP contribution in [-0.4, -0.2) is 19.5 Å². The average molecular weight is 268 g/mol. The number of benzene rings is 1. The molecule has 0 spiro atoms. The monoisotopic (exact) mass is 267 g/mol. The van der Waals surface area contributed by atoms with E-state index >= 15 is 0 Å². The van der Waals surface area contributed by atoms with Gasteiger partial charge in [0.25, 0.3) is 0 Å². The van der Waals surface area contributed by atoms with Crippen LogP contribution >= 0.6 is 15.9 Å². The van der Waals surface area contributed by atoms with Crippen molar-refractivity contribution in [1.29, 1.82) is 5.26 Å². The summed E-state index contributed by atoms with van der Waals surface area (Å²) in [7, 11) is 1.69. The lowest BCUT2D eigenvalue weighted by atomic mass is 10.2. The SMILES string of the molecule is CNCC(=O)Nc1cc(Br)ccc1C#N. The van der Waals surface area contributed by atoms with Gasteiger partial charge in [-0.15, -0.1) is 0 Å². The zero-order chi connectivity index (χ0) is 11.3. The summed E-state index contributed by atoms with van der Waals surface area (Å²) in [6.45, 7) is 0.220. The van der Waals surface area contributed by atoms with E-state index in [0.29, 0.717) is 11.3 Å². The second-order valence-corrected chi connectivity index (χ2v) is 3.80. The normalized spacial score (nSPS) is 9.40. The Labute approximate surface area is 96.4 Å². The molecule has 2 N–H and O–H groups in total. The first-order valence-corrected chi connectivity index (χ1v) is 5.10. The van der Waals surface area contributed by atoms with Gasteiger partial charge in [0.2, 0.25) is 5.91 Å². The summed E-state index contributed by atoms with van der Waals surface area (Å²) in [5, 5.41) is 14.2. The third-order valence-corrected chi connectivity index (χ3v) is 2.21. The minimum Gasteiger partial charge on any atom is -0.324 e. The number of carbonyl (C=O) groups excluding carboxylic acids is 1. The van der Waals surface area contributed by atoms with Crippen LogP contribution in [0.2, 0.25) is 0 Å². The maximum absolute atomic E-state index is 11.3. The fourth-order valence-electron chi connectivity index (χ4n) is 1.07. The summed E-state index contributed by atoms with van der Waals surface area (Å²) in [6.07, 6.45) is 0. The van der Waals surface area contributed by atoms with Crippen LogP contribution in [-0.2, 0) is 4.79 Å². The molecule has 0 atom stereocenters. The van der Waals surface area contributed by atoms with Gasteiger partial charge < -0.3 is 10.6 Å². The number of carbonyl (C=O) groups is 1. The van der Waals surface area contributed by atoms with E-state index in [1.165, 1.54) is 0 Å². The maximum Gasteiger partial charge on any atom is 0.238 e. The van der Waals surface area contributed by atoms with Gasteiger partial charge in [0.05, 0.1) is 17.8 Å². The van der Waals surface area contributed by atoms with E-state index in [-0.39, 0.29) is 12.5 Å². The average Bonchev–Trinajstić information content (AvgIpc) is 2.18. The molecule has 4 nitrogen and oxygen atoms in total. The number of nitrogens with one attached hydrogen (secondary N) is 2. The molecule has 1 aromatic rings. The maximum atomic E-state index is 11.3. The number of nitrogens with zero attached hydrogens (tertiary/aromatic N) is 1. The third kappa shape index (κ3) is 3.35. The molecule has 5 heteroatoms. The molecule has 0 fully saturated rings. The van der Waals surface area contributed by atoms with Crippen LogP contribution in [0.3, 0.4) is 0 Å². The smallest absolute Gasteiger partial charge is 0.238 e. The van der Waals surface area contributed by atoms with Crippen molar-refractivity contribution >= 4 is 27.5 Å². The predicted octanol–water partition coefficient (Wildman–Crippen LogP) is 1.48. The quantitative estimate of drug-likeness (QED) is 0.872. The molecule has 0 aromatic heterocycles. The molecular weight excluding hydrogens is 258 g/mol. The Hall–Kier alpha value is -1.38. The summed E-state index contributed by atoms with van der Waals surface area (Å²) < 4.78 is 0.821. The number of amides is 1.